The largest absolute Gasteiger partial charge is 0.451 e. The van der Waals surface area contributed by atoms with Crippen LogP contribution in [0.5, 0.6) is 11.5 Å². The summed E-state index contributed by atoms with van der Waals surface area (Å²) >= 11 is 6.26. The van der Waals surface area contributed by atoms with E-state index in [0.717, 1.165) is 5.56 Å². The third kappa shape index (κ3) is 5.56. The molecule has 0 spiro atoms. The molecule has 2 aliphatic rings. The number of nitrogens with one attached hydrogen (secondary N) is 2. The SMILES string of the molecule is Cc1cc(Oc2ccc(C(=O)N[C@H](C)C(=O)N3[C@H](c4cccc(Cl)c4)CC[C@@H]3C3(C#N)COC3)cc2C)c(=O)[nH]n1. The summed E-state index contributed by atoms with van der Waals surface area (Å²) in [7, 11) is 0. The molecule has 3 atom stereocenters. The van der Waals surface area contributed by atoms with E-state index in [1.165, 1.54) is 6.07 Å². The highest BCUT2D eigenvalue weighted by molar-refractivity contribution is 6.30. The van der Waals surface area contributed by atoms with Gasteiger partial charge >= 0.3 is 5.56 Å². The first-order valence-electron chi connectivity index (χ1n) is 13.3. The van der Waals surface area contributed by atoms with Gasteiger partial charge in [-0.3, -0.25) is 14.4 Å². The van der Waals surface area contributed by atoms with E-state index in [2.05, 4.69) is 21.6 Å². The summed E-state index contributed by atoms with van der Waals surface area (Å²) in [6.45, 7) is 5.66. The lowest BCUT2D eigenvalue weighted by Gasteiger charge is -2.45. The number of ether oxygens (including phenoxy) is 2. The molecule has 212 valence electrons. The number of carbonyl (C=O) groups is 2. The Morgan fingerprint density at radius 3 is 2.63 bits per heavy atom. The van der Waals surface area contributed by atoms with E-state index in [1.54, 1.807) is 49.9 Å². The number of halogens is 1. The summed E-state index contributed by atoms with van der Waals surface area (Å²) in [5.41, 5.74) is 1.19. The molecule has 0 saturated carbocycles. The Hall–Kier alpha value is -4.20. The number of hydrogen-bond acceptors (Lipinski definition) is 7. The van der Waals surface area contributed by atoms with Gasteiger partial charge in [-0.1, -0.05) is 23.7 Å². The normalized spacial score (nSPS) is 20.0. The Morgan fingerprint density at radius 1 is 1.20 bits per heavy atom. The zero-order valence-corrected chi connectivity index (χ0v) is 23.7. The molecule has 3 heterocycles. The van der Waals surface area contributed by atoms with Crippen LogP contribution in [0.15, 0.2) is 53.3 Å². The van der Waals surface area contributed by atoms with Gasteiger partial charge in [0.25, 0.3) is 5.91 Å². The van der Waals surface area contributed by atoms with Crippen molar-refractivity contribution in [2.75, 3.05) is 13.2 Å². The molecule has 2 saturated heterocycles. The number of aryl methyl sites for hydroxylation is 2. The van der Waals surface area contributed by atoms with Crippen LogP contribution in [0.25, 0.3) is 0 Å². The summed E-state index contributed by atoms with van der Waals surface area (Å²) < 4.78 is 11.2. The van der Waals surface area contributed by atoms with Crippen molar-refractivity contribution in [2.45, 2.75) is 51.7 Å². The zero-order valence-electron chi connectivity index (χ0n) is 22.9. The molecular weight excluding hydrogens is 546 g/mol. The van der Waals surface area contributed by atoms with E-state index in [-0.39, 0.29) is 37.0 Å². The van der Waals surface area contributed by atoms with Gasteiger partial charge in [0.05, 0.1) is 37.1 Å². The molecule has 2 aliphatic heterocycles. The summed E-state index contributed by atoms with van der Waals surface area (Å²) in [5, 5.41) is 19.6. The minimum Gasteiger partial charge on any atom is -0.451 e. The van der Waals surface area contributed by atoms with Gasteiger partial charge in [0, 0.05) is 16.7 Å². The topological polar surface area (TPSA) is 137 Å². The lowest BCUT2D eigenvalue weighted by atomic mass is 9.78. The first kappa shape index (κ1) is 28.3. The molecule has 2 fully saturated rings. The molecule has 10 nitrogen and oxygen atoms in total. The van der Waals surface area contributed by atoms with Crippen LogP contribution in [-0.2, 0) is 9.53 Å². The van der Waals surface area contributed by atoms with E-state index in [1.807, 2.05) is 18.2 Å². The maximum Gasteiger partial charge on any atom is 0.307 e. The van der Waals surface area contributed by atoms with Crippen molar-refractivity contribution in [1.82, 2.24) is 20.4 Å². The van der Waals surface area contributed by atoms with Crippen LogP contribution in [0.2, 0.25) is 5.02 Å². The van der Waals surface area contributed by atoms with Gasteiger partial charge in [-0.15, -0.1) is 0 Å². The molecule has 1 aromatic heterocycles. The highest BCUT2D eigenvalue weighted by Crippen LogP contribution is 2.47. The fourth-order valence-corrected chi connectivity index (χ4v) is 5.70. The van der Waals surface area contributed by atoms with E-state index in [4.69, 9.17) is 21.1 Å². The van der Waals surface area contributed by atoms with Crippen molar-refractivity contribution in [2.24, 2.45) is 5.41 Å². The van der Waals surface area contributed by atoms with Crippen molar-refractivity contribution in [1.29, 1.82) is 5.26 Å². The summed E-state index contributed by atoms with van der Waals surface area (Å²) in [6.07, 6.45) is 1.31. The standard InChI is InChI=1S/C30H30ClN5O5/c1-17-11-21(7-9-24(17)41-25-12-18(2)34-35-28(25)38)27(37)33-19(3)29(39)36-23(20-5-4-6-22(31)13-20)8-10-26(36)30(14-32)15-40-16-30/h4-7,9,11-13,19,23,26H,8,10,15-16H2,1-3H3,(H,33,37)(H,35,38)/t19-,23+,26-/m1/s1. The third-order valence-corrected chi connectivity index (χ3v) is 7.96. The number of amides is 2. The van der Waals surface area contributed by atoms with E-state index < -0.39 is 22.9 Å². The Bertz CT molecular complexity index is 1590. The number of hydrogen-bond donors (Lipinski definition) is 2. The minimum atomic E-state index is -0.865. The van der Waals surface area contributed by atoms with Gasteiger partial charge in [0.1, 0.15) is 17.2 Å². The van der Waals surface area contributed by atoms with E-state index in [0.29, 0.717) is 40.4 Å². The number of carbonyl (C=O) groups excluding carboxylic acids is 2. The van der Waals surface area contributed by atoms with Crippen LogP contribution in [-0.4, -0.2) is 52.2 Å². The first-order valence-corrected chi connectivity index (χ1v) is 13.7. The highest BCUT2D eigenvalue weighted by atomic mass is 35.5. The molecule has 5 rings (SSSR count). The minimum absolute atomic E-state index is 0.0958. The quantitative estimate of drug-likeness (QED) is 0.430. The summed E-state index contributed by atoms with van der Waals surface area (Å²) in [6, 6.07) is 14.6. The number of H-pyrrole nitrogens is 1. The lowest BCUT2D eigenvalue weighted by Crippen LogP contribution is -2.59. The van der Waals surface area contributed by atoms with E-state index in [9.17, 15) is 19.6 Å². The number of benzene rings is 2. The Balaban J connectivity index is 1.34. The van der Waals surface area contributed by atoms with Crippen LogP contribution in [0.3, 0.4) is 0 Å². The fraction of sp³-hybridized carbons (Fsp3) is 0.367. The molecule has 0 aliphatic carbocycles. The molecule has 0 radical (unpaired) electrons. The molecule has 41 heavy (non-hydrogen) atoms. The number of nitriles is 1. The van der Waals surface area contributed by atoms with Crippen molar-refractivity contribution in [3.63, 3.8) is 0 Å². The summed E-state index contributed by atoms with van der Waals surface area (Å²) in [4.78, 5) is 41.0. The van der Waals surface area contributed by atoms with Crippen LogP contribution in [0, 0.1) is 30.6 Å². The number of rotatable bonds is 7. The maximum atomic E-state index is 13.9. The Morgan fingerprint density at radius 2 is 1.98 bits per heavy atom. The molecule has 11 heteroatoms. The van der Waals surface area contributed by atoms with Crippen molar-refractivity contribution >= 4 is 23.4 Å². The fourth-order valence-electron chi connectivity index (χ4n) is 5.50. The van der Waals surface area contributed by atoms with Crippen LogP contribution >= 0.6 is 11.6 Å². The predicted molar refractivity (Wildman–Crippen MR) is 151 cm³/mol. The van der Waals surface area contributed by atoms with Crippen LogP contribution < -0.4 is 15.6 Å². The van der Waals surface area contributed by atoms with Crippen molar-refractivity contribution in [3.05, 3.63) is 86.3 Å². The van der Waals surface area contributed by atoms with Gasteiger partial charge in [-0.05, 0) is 75.1 Å². The average molecular weight is 576 g/mol. The molecule has 2 N–H and O–H groups in total. The predicted octanol–water partition coefficient (Wildman–Crippen LogP) is 4.22. The van der Waals surface area contributed by atoms with Gasteiger partial charge in [-0.25, -0.2) is 5.10 Å². The second-order valence-electron chi connectivity index (χ2n) is 10.7. The number of aromatic amines is 1. The highest BCUT2D eigenvalue weighted by Gasteiger charge is 2.54. The third-order valence-electron chi connectivity index (χ3n) is 7.73. The molecule has 2 aromatic carbocycles. The Labute approximate surface area is 242 Å². The van der Waals surface area contributed by atoms with Crippen molar-refractivity contribution < 1.29 is 19.1 Å². The zero-order chi connectivity index (χ0) is 29.3. The second kappa shape index (κ2) is 11.4. The number of likely N-dealkylation sites (tertiary alicyclic amines) is 1. The smallest absolute Gasteiger partial charge is 0.307 e. The lowest BCUT2D eigenvalue weighted by molar-refractivity contribution is -0.150. The van der Waals surface area contributed by atoms with Gasteiger partial charge < -0.3 is 19.7 Å². The molecule has 3 aromatic rings. The van der Waals surface area contributed by atoms with Crippen LogP contribution in [0.1, 0.15) is 53.0 Å². The van der Waals surface area contributed by atoms with E-state index >= 15 is 0 Å². The molecule has 0 bridgehead atoms. The summed E-state index contributed by atoms with van der Waals surface area (Å²) in [5.74, 6) is -0.208. The Kier molecular flexibility index (Phi) is 7.84. The maximum absolute atomic E-state index is 13.9. The molecule has 0 unspecified atom stereocenters. The monoisotopic (exact) mass is 575 g/mol. The first-order chi connectivity index (χ1) is 19.6. The average Bonchev–Trinajstić information content (AvgIpc) is 3.36. The van der Waals surface area contributed by atoms with Gasteiger partial charge in [-0.2, -0.15) is 10.4 Å². The number of nitrogens with zero attached hydrogens (tertiary/aromatic N) is 3. The van der Waals surface area contributed by atoms with Crippen LogP contribution in [0.4, 0.5) is 0 Å². The number of aromatic nitrogens is 2. The molecular formula is C30H30ClN5O5. The molecule has 2 amide bonds. The van der Waals surface area contributed by atoms with Gasteiger partial charge in [0.15, 0.2) is 5.75 Å². The van der Waals surface area contributed by atoms with Gasteiger partial charge in [0.2, 0.25) is 5.91 Å². The second-order valence-corrected chi connectivity index (χ2v) is 11.1. The van der Waals surface area contributed by atoms with Crippen molar-refractivity contribution in [3.8, 4) is 17.6 Å².